The Morgan fingerprint density at radius 3 is 2.88 bits per heavy atom. The lowest BCUT2D eigenvalue weighted by atomic mass is 10.0. The van der Waals surface area contributed by atoms with Crippen molar-refractivity contribution < 1.29 is 0 Å². The van der Waals surface area contributed by atoms with E-state index in [1.807, 2.05) is 6.92 Å². The van der Waals surface area contributed by atoms with E-state index in [9.17, 15) is 0 Å². The number of aromatic nitrogens is 2. The molecule has 1 aromatic heterocycles. The molecule has 90 valence electrons. The molecule has 0 saturated heterocycles. The second-order valence-electron chi connectivity index (χ2n) is 4.40. The largest absolute Gasteiger partial charge is 0.344 e. The Bertz CT molecular complexity index is 338. The lowest BCUT2D eigenvalue weighted by Crippen LogP contribution is -2.40. The van der Waals surface area contributed by atoms with Crippen LogP contribution in [0.5, 0.6) is 0 Å². The molecule has 16 heavy (non-hydrogen) atoms. The third-order valence-corrected chi connectivity index (χ3v) is 4.27. The molecule has 1 heterocycles. The normalized spacial score (nSPS) is 24.9. The Labute approximate surface area is 101 Å². The lowest BCUT2D eigenvalue weighted by molar-refractivity contribution is 0.461. The molecule has 2 atom stereocenters. The van der Waals surface area contributed by atoms with Gasteiger partial charge in [0.2, 0.25) is 5.13 Å². The first-order valence-electron chi connectivity index (χ1n) is 6.03. The first-order valence-corrected chi connectivity index (χ1v) is 6.80. The van der Waals surface area contributed by atoms with E-state index in [2.05, 4.69) is 21.2 Å². The maximum atomic E-state index is 5.84. The minimum Gasteiger partial charge on any atom is -0.344 e. The van der Waals surface area contributed by atoms with Crippen LogP contribution in [0.25, 0.3) is 0 Å². The maximum Gasteiger partial charge on any atom is 0.205 e. The van der Waals surface area contributed by atoms with Gasteiger partial charge in [-0.25, -0.2) is 4.98 Å². The molecule has 0 aliphatic heterocycles. The van der Waals surface area contributed by atoms with Gasteiger partial charge < -0.3 is 10.6 Å². The van der Waals surface area contributed by atoms with E-state index in [4.69, 9.17) is 5.73 Å². The van der Waals surface area contributed by atoms with Gasteiger partial charge in [-0.05, 0) is 39.2 Å². The van der Waals surface area contributed by atoms with Gasteiger partial charge in [-0.1, -0.05) is 6.42 Å². The van der Waals surface area contributed by atoms with Gasteiger partial charge in [-0.15, -0.1) is 0 Å². The van der Waals surface area contributed by atoms with Crippen molar-refractivity contribution in [2.75, 3.05) is 18.0 Å². The fraction of sp³-hybridized carbons (Fsp3) is 0.818. The van der Waals surface area contributed by atoms with Gasteiger partial charge >= 0.3 is 0 Å². The topological polar surface area (TPSA) is 55.0 Å². The van der Waals surface area contributed by atoms with E-state index < -0.39 is 0 Å². The summed E-state index contributed by atoms with van der Waals surface area (Å²) in [4.78, 5) is 6.87. The second kappa shape index (κ2) is 5.10. The zero-order valence-electron chi connectivity index (χ0n) is 10.0. The van der Waals surface area contributed by atoms with Crippen LogP contribution >= 0.6 is 11.5 Å². The molecule has 1 fully saturated rings. The van der Waals surface area contributed by atoms with Crippen LogP contribution in [0.2, 0.25) is 0 Å². The van der Waals surface area contributed by atoms with Crippen molar-refractivity contribution in [3.63, 3.8) is 0 Å². The zero-order chi connectivity index (χ0) is 11.5. The van der Waals surface area contributed by atoms with Gasteiger partial charge in [0.05, 0.1) is 0 Å². The highest BCUT2D eigenvalue weighted by molar-refractivity contribution is 7.09. The van der Waals surface area contributed by atoms with Crippen molar-refractivity contribution in [3.8, 4) is 0 Å². The Kier molecular flexibility index (Phi) is 3.76. The van der Waals surface area contributed by atoms with Crippen molar-refractivity contribution in [1.29, 1.82) is 0 Å². The summed E-state index contributed by atoms with van der Waals surface area (Å²) in [6.45, 7) is 5.92. The monoisotopic (exact) mass is 240 g/mol. The van der Waals surface area contributed by atoms with E-state index in [0.29, 0.717) is 12.0 Å². The van der Waals surface area contributed by atoms with Gasteiger partial charge in [0.1, 0.15) is 5.82 Å². The van der Waals surface area contributed by atoms with Gasteiger partial charge in [0, 0.05) is 24.1 Å². The second-order valence-corrected chi connectivity index (χ2v) is 5.13. The van der Waals surface area contributed by atoms with Crippen molar-refractivity contribution in [2.24, 2.45) is 11.7 Å². The minimum absolute atomic E-state index is 0.572. The van der Waals surface area contributed by atoms with Crippen LogP contribution in [0, 0.1) is 12.8 Å². The van der Waals surface area contributed by atoms with E-state index in [0.717, 1.165) is 24.0 Å². The van der Waals surface area contributed by atoms with Crippen LogP contribution in [0.1, 0.15) is 32.0 Å². The van der Waals surface area contributed by atoms with Crippen LogP contribution in [-0.2, 0) is 0 Å². The lowest BCUT2D eigenvalue weighted by Gasteiger charge is -2.31. The molecule has 1 aromatic rings. The Morgan fingerprint density at radius 2 is 2.31 bits per heavy atom. The first-order chi connectivity index (χ1) is 7.76. The standard InChI is InChI=1S/C11H20N4S/c1-3-15(11-13-8(2)14-16-11)10-6-4-5-9(10)7-12/h9-10H,3-7,12H2,1-2H3. The molecule has 1 aliphatic carbocycles. The van der Waals surface area contributed by atoms with Crippen LogP contribution in [0.15, 0.2) is 0 Å². The summed E-state index contributed by atoms with van der Waals surface area (Å²) < 4.78 is 4.27. The molecule has 5 heteroatoms. The molecule has 0 spiro atoms. The summed E-state index contributed by atoms with van der Waals surface area (Å²) in [7, 11) is 0. The van der Waals surface area contributed by atoms with Crippen molar-refractivity contribution in [2.45, 2.75) is 39.2 Å². The average molecular weight is 240 g/mol. The third-order valence-electron chi connectivity index (χ3n) is 3.43. The Morgan fingerprint density at radius 1 is 1.50 bits per heavy atom. The molecule has 0 bridgehead atoms. The van der Waals surface area contributed by atoms with Crippen molar-refractivity contribution in [3.05, 3.63) is 5.82 Å². The number of aryl methyl sites for hydroxylation is 1. The minimum atomic E-state index is 0.572. The van der Waals surface area contributed by atoms with Gasteiger partial charge in [0.25, 0.3) is 0 Å². The summed E-state index contributed by atoms with van der Waals surface area (Å²) >= 11 is 1.51. The van der Waals surface area contributed by atoms with Crippen molar-refractivity contribution >= 4 is 16.7 Å². The molecule has 4 nitrogen and oxygen atoms in total. The van der Waals surface area contributed by atoms with Crippen molar-refractivity contribution in [1.82, 2.24) is 9.36 Å². The zero-order valence-corrected chi connectivity index (χ0v) is 10.8. The van der Waals surface area contributed by atoms with Gasteiger partial charge in [0.15, 0.2) is 0 Å². The predicted molar refractivity (Wildman–Crippen MR) is 67.8 cm³/mol. The highest BCUT2D eigenvalue weighted by Gasteiger charge is 2.31. The molecule has 0 radical (unpaired) electrons. The van der Waals surface area contributed by atoms with Crippen LogP contribution < -0.4 is 10.6 Å². The van der Waals surface area contributed by atoms with Gasteiger partial charge in [-0.3, -0.25) is 0 Å². The summed E-state index contributed by atoms with van der Waals surface area (Å²) in [6.07, 6.45) is 3.80. The molecule has 1 saturated carbocycles. The molecule has 1 aliphatic rings. The van der Waals surface area contributed by atoms with Crippen LogP contribution in [0.3, 0.4) is 0 Å². The quantitative estimate of drug-likeness (QED) is 0.872. The number of anilines is 1. The Balaban J connectivity index is 2.15. The summed E-state index contributed by atoms with van der Waals surface area (Å²) in [6, 6.07) is 0.572. The average Bonchev–Trinajstić information content (AvgIpc) is 2.89. The summed E-state index contributed by atoms with van der Waals surface area (Å²) in [5.41, 5.74) is 5.84. The molecule has 2 unspecified atom stereocenters. The summed E-state index contributed by atoms with van der Waals surface area (Å²) in [5, 5.41) is 1.06. The predicted octanol–water partition coefficient (Wildman–Crippen LogP) is 1.80. The number of nitrogens with two attached hydrogens (primary N) is 1. The highest BCUT2D eigenvalue weighted by Crippen LogP contribution is 2.32. The number of nitrogens with zero attached hydrogens (tertiary/aromatic N) is 3. The number of hydrogen-bond donors (Lipinski definition) is 1. The molecule has 2 rings (SSSR count). The molecular formula is C11H20N4S. The van der Waals surface area contributed by atoms with Crippen LogP contribution in [-0.4, -0.2) is 28.5 Å². The van der Waals surface area contributed by atoms with E-state index in [1.165, 1.54) is 30.8 Å². The molecule has 0 amide bonds. The van der Waals surface area contributed by atoms with E-state index in [1.54, 1.807) is 0 Å². The molecule has 2 N–H and O–H groups in total. The third kappa shape index (κ3) is 2.20. The SMILES string of the molecule is CCN(c1nc(C)ns1)C1CCCC1CN. The van der Waals surface area contributed by atoms with Gasteiger partial charge in [-0.2, -0.15) is 4.37 Å². The molecule has 0 aromatic carbocycles. The highest BCUT2D eigenvalue weighted by atomic mass is 32.1. The van der Waals surface area contributed by atoms with Crippen LogP contribution in [0.4, 0.5) is 5.13 Å². The Hall–Kier alpha value is -0.680. The fourth-order valence-electron chi connectivity index (χ4n) is 2.62. The smallest absolute Gasteiger partial charge is 0.205 e. The maximum absolute atomic E-state index is 5.84. The molecular weight excluding hydrogens is 220 g/mol. The van der Waals surface area contributed by atoms with E-state index in [-0.39, 0.29) is 0 Å². The van der Waals surface area contributed by atoms with E-state index >= 15 is 0 Å². The summed E-state index contributed by atoms with van der Waals surface area (Å²) in [5.74, 6) is 1.50. The fourth-order valence-corrected chi connectivity index (χ4v) is 3.41. The first kappa shape index (κ1) is 11.8. The number of rotatable bonds is 4. The number of hydrogen-bond acceptors (Lipinski definition) is 5.